The molecule has 0 saturated carbocycles. The van der Waals surface area contributed by atoms with Crippen LogP contribution in [0.2, 0.25) is 10.0 Å². The lowest BCUT2D eigenvalue weighted by Gasteiger charge is -2.31. The van der Waals surface area contributed by atoms with E-state index >= 15 is 0 Å². The summed E-state index contributed by atoms with van der Waals surface area (Å²) >= 11 is 12.3. The number of amides is 1. The number of aromatic nitrogens is 1. The number of nitrogens with zero attached hydrogens (tertiary/aromatic N) is 2. The molecule has 1 unspecified atom stereocenters. The van der Waals surface area contributed by atoms with Crippen molar-refractivity contribution in [3.63, 3.8) is 0 Å². The molecule has 5 nitrogen and oxygen atoms in total. The maximum Gasteiger partial charge on any atom is 0.260 e. The molecule has 2 aromatic carbocycles. The number of benzene rings is 2. The van der Waals surface area contributed by atoms with Gasteiger partial charge in [-0.15, -0.1) is 0 Å². The normalized spacial score (nSPS) is 16.5. The van der Waals surface area contributed by atoms with Gasteiger partial charge >= 0.3 is 0 Å². The fourth-order valence-electron chi connectivity index (χ4n) is 3.62. The highest BCUT2D eigenvalue weighted by molar-refractivity contribution is 6.32. The first-order valence-electron chi connectivity index (χ1n) is 9.93. The number of para-hydroxylation sites is 1. The second kappa shape index (κ2) is 9.54. The Morgan fingerprint density at radius 2 is 1.90 bits per heavy atom. The average molecular weight is 445 g/mol. The van der Waals surface area contributed by atoms with Crippen LogP contribution in [0.15, 0.2) is 59.1 Å². The third-order valence-electron chi connectivity index (χ3n) is 5.21. The van der Waals surface area contributed by atoms with Gasteiger partial charge in [0.15, 0.2) is 12.5 Å². The maximum atomic E-state index is 12.6. The molecule has 4 rings (SSSR count). The number of hydrogen-bond acceptors (Lipinski definition) is 4. The Morgan fingerprint density at radius 1 is 1.13 bits per heavy atom. The zero-order valence-electron chi connectivity index (χ0n) is 16.4. The van der Waals surface area contributed by atoms with E-state index < -0.39 is 0 Å². The van der Waals surface area contributed by atoms with Crippen LogP contribution in [0.5, 0.6) is 5.75 Å². The van der Waals surface area contributed by atoms with Gasteiger partial charge in [0.2, 0.25) is 0 Å². The van der Waals surface area contributed by atoms with E-state index in [1.165, 1.54) is 0 Å². The first kappa shape index (κ1) is 20.8. The molecule has 1 atom stereocenters. The average Bonchev–Trinajstić information content (AvgIpc) is 3.23. The van der Waals surface area contributed by atoms with Crippen LogP contribution in [0, 0.1) is 0 Å². The molecule has 1 aromatic heterocycles. The lowest BCUT2D eigenvalue weighted by Crippen LogP contribution is -2.41. The van der Waals surface area contributed by atoms with Gasteiger partial charge in [-0.25, -0.2) is 4.98 Å². The van der Waals surface area contributed by atoms with Gasteiger partial charge in [-0.1, -0.05) is 53.5 Å². The second-order valence-corrected chi connectivity index (χ2v) is 8.15. The Hall–Kier alpha value is -2.50. The van der Waals surface area contributed by atoms with Gasteiger partial charge < -0.3 is 14.1 Å². The largest absolute Gasteiger partial charge is 0.482 e. The Morgan fingerprint density at radius 3 is 2.70 bits per heavy atom. The molecule has 1 aliphatic heterocycles. The van der Waals surface area contributed by atoms with E-state index in [0.29, 0.717) is 41.2 Å². The highest BCUT2D eigenvalue weighted by Gasteiger charge is 2.28. The van der Waals surface area contributed by atoms with Crippen molar-refractivity contribution in [1.82, 2.24) is 9.88 Å². The number of rotatable bonds is 6. The molecule has 0 spiro atoms. The summed E-state index contributed by atoms with van der Waals surface area (Å²) in [5.41, 5.74) is 0.999. The first-order valence-corrected chi connectivity index (χ1v) is 10.7. The van der Waals surface area contributed by atoms with E-state index in [9.17, 15) is 4.79 Å². The van der Waals surface area contributed by atoms with Gasteiger partial charge in [0.25, 0.3) is 5.91 Å². The SMILES string of the molecule is O=C(COc1ccccc1Cl)N1CCCC(c2ncc(Cc3ccccc3Cl)o2)C1. The van der Waals surface area contributed by atoms with Gasteiger partial charge in [0.1, 0.15) is 11.5 Å². The van der Waals surface area contributed by atoms with Crippen LogP contribution in [0.3, 0.4) is 0 Å². The fourth-order valence-corrected chi connectivity index (χ4v) is 4.01. The monoisotopic (exact) mass is 444 g/mol. The highest BCUT2D eigenvalue weighted by atomic mass is 35.5. The molecule has 30 heavy (non-hydrogen) atoms. The van der Waals surface area contributed by atoms with Crippen molar-refractivity contribution in [2.45, 2.75) is 25.2 Å². The molecule has 2 heterocycles. The Balaban J connectivity index is 1.36. The van der Waals surface area contributed by atoms with Crippen LogP contribution < -0.4 is 4.74 Å². The maximum absolute atomic E-state index is 12.6. The van der Waals surface area contributed by atoms with Gasteiger partial charge in [-0.05, 0) is 36.6 Å². The van der Waals surface area contributed by atoms with Crippen LogP contribution in [0.1, 0.15) is 36.0 Å². The molecule has 1 fully saturated rings. The van der Waals surface area contributed by atoms with Crippen molar-refractivity contribution in [2.24, 2.45) is 0 Å². The summed E-state index contributed by atoms with van der Waals surface area (Å²) in [6.45, 7) is 1.23. The summed E-state index contributed by atoms with van der Waals surface area (Å²) < 4.78 is 11.6. The van der Waals surface area contributed by atoms with Crippen LogP contribution in [-0.4, -0.2) is 35.5 Å². The molecule has 156 valence electrons. The molecular formula is C23H22Cl2N2O3. The predicted octanol–water partition coefficient (Wildman–Crippen LogP) is 5.36. The van der Waals surface area contributed by atoms with E-state index in [2.05, 4.69) is 4.98 Å². The Bertz CT molecular complexity index is 1020. The Kier molecular flexibility index (Phi) is 6.60. The lowest BCUT2D eigenvalue weighted by atomic mass is 9.98. The molecule has 7 heteroatoms. The number of likely N-dealkylation sites (tertiary alicyclic amines) is 1. The molecule has 0 aliphatic carbocycles. The number of piperidine rings is 1. The summed E-state index contributed by atoms with van der Waals surface area (Å²) in [4.78, 5) is 18.9. The minimum atomic E-state index is -0.0672. The molecular weight excluding hydrogens is 423 g/mol. The summed E-state index contributed by atoms with van der Waals surface area (Å²) in [5.74, 6) is 1.95. The summed E-state index contributed by atoms with van der Waals surface area (Å²) in [7, 11) is 0. The van der Waals surface area contributed by atoms with Crippen molar-refractivity contribution in [3.05, 3.63) is 82.0 Å². The van der Waals surface area contributed by atoms with Crippen molar-refractivity contribution in [2.75, 3.05) is 19.7 Å². The molecule has 1 saturated heterocycles. The smallest absolute Gasteiger partial charge is 0.260 e. The lowest BCUT2D eigenvalue weighted by molar-refractivity contribution is -0.134. The standard InChI is InChI=1S/C23H22Cl2N2O3/c24-19-8-2-1-6-16(19)12-18-13-26-23(30-18)17-7-5-11-27(14-17)22(28)15-29-21-10-4-3-9-20(21)25/h1-4,6,8-10,13,17H,5,7,11-12,14-15H2. The van der Waals surface area contributed by atoms with Gasteiger partial charge in [-0.2, -0.15) is 0 Å². The van der Waals surface area contributed by atoms with Crippen molar-refractivity contribution in [1.29, 1.82) is 0 Å². The summed E-state index contributed by atoms with van der Waals surface area (Å²) in [6.07, 6.45) is 4.17. The molecule has 0 N–H and O–H groups in total. The number of carbonyl (C=O) groups is 1. The minimum absolute atomic E-state index is 0.0419. The number of ether oxygens (including phenoxy) is 1. The first-order chi connectivity index (χ1) is 14.6. The van der Waals surface area contributed by atoms with Gasteiger partial charge in [0.05, 0.1) is 17.1 Å². The predicted molar refractivity (Wildman–Crippen MR) is 116 cm³/mol. The van der Waals surface area contributed by atoms with E-state index in [1.54, 1.807) is 18.3 Å². The molecule has 0 radical (unpaired) electrons. The van der Waals surface area contributed by atoms with E-state index in [0.717, 1.165) is 24.2 Å². The number of oxazole rings is 1. The zero-order valence-corrected chi connectivity index (χ0v) is 17.9. The highest BCUT2D eigenvalue weighted by Crippen LogP contribution is 2.28. The minimum Gasteiger partial charge on any atom is -0.482 e. The fraction of sp³-hybridized carbons (Fsp3) is 0.304. The van der Waals surface area contributed by atoms with Crippen LogP contribution in [0.25, 0.3) is 0 Å². The van der Waals surface area contributed by atoms with Crippen LogP contribution >= 0.6 is 23.2 Å². The van der Waals surface area contributed by atoms with Gasteiger partial charge in [0, 0.05) is 24.5 Å². The van der Waals surface area contributed by atoms with Crippen LogP contribution in [-0.2, 0) is 11.2 Å². The molecule has 0 bridgehead atoms. The molecule has 3 aromatic rings. The number of hydrogen-bond donors (Lipinski definition) is 0. The number of carbonyl (C=O) groups excluding carboxylic acids is 1. The van der Waals surface area contributed by atoms with E-state index in [4.69, 9.17) is 32.4 Å². The zero-order chi connectivity index (χ0) is 20.9. The third kappa shape index (κ3) is 4.97. The Labute approximate surface area is 185 Å². The van der Waals surface area contributed by atoms with Crippen molar-refractivity contribution in [3.8, 4) is 5.75 Å². The summed E-state index contributed by atoms with van der Waals surface area (Å²) in [5, 5.41) is 1.20. The second-order valence-electron chi connectivity index (χ2n) is 7.33. The van der Waals surface area contributed by atoms with Crippen LogP contribution in [0.4, 0.5) is 0 Å². The van der Waals surface area contributed by atoms with Crippen molar-refractivity contribution >= 4 is 29.1 Å². The molecule has 1 amide bonds. The number of halogens is 2. The quantitative estimate of drug-likeness (QED) is 0.513. The van der Waals surface area contributed by atoms with Crippen molar-refractivity contribution < 1.29 is 13.9 Å². The topological polar surface area (TPSA) is 55.6 Å². The van der Waals surface area contributed by atoms with E-state index in [-0.39, 0.29) is 18.4 Å². The van der Waals surface area contributed by atoms with Gasteiger partial charge in [-0.3, -0.25) is 4.79 Å². The van der Waals surface area contributed by atoms with E-state index in [1.807, 2.05) is 41.3 Å². The third-order valence-corrected chi connectivity index (χ3v) is 5.89. The molecule has 1 aliphatic rings. The summed E-state index contributed by atoms with van der Waals surface area (Å²) in [6, 6.07) is 14.8.